The molecule has 1 fully saturated rings. The van der Waals surface area contributed by atoms with Gasteiger partial charge in [-0.3, -0.25) is 4.79 Å². The van der Waals surface area contributed by atoms with E-state index in [1.807, 2.05) is 0 Å². The van der Waals surface area contributed by atoms with Gasteiger partial charge in [0.25, 0.3) is 5.78 Å². The van der Waals surface area contributed by atoms with E-state index in [0.717, 1.165) is 0 Å². The Morgan fingerprint density at radius 1 is 1.20 bits per heavy atom. The highest BCUT2D eigenvalue weighted by Crippen LogP contribution is 2.42. The fourth-order valence-electron chi connectivity index (χ4n) is 1.37. The summed E-state index contributed by atoms with van der Waals surface area (Å²) in [6.45, 7) is 0. The van der Waals surface area contributed by atoms with Crippen LogP contribution in [0, 0.1) is 0 Å². The number of hydrogen-bond donors (Lipinski definition) is 0. The number of carbonyl (C=O) groups is 1. The summed E-state index contributed by atoms with van der Waals surface area (Å²) in [5, 5.41) is 0. The minimum absolute atomic E-state index is 0.597. The lowest BCUT2D eigenvalue weighted by atomic mass is 10.1. The van der Waals surface area contributed by atoms with Crippen LogP contribution in [0.15, 0.2) is 30.3 Å². The first-order valence-electron chi connectivity index (χ1n) is 4.31. The predicted molar refractivity (Wildman–Crippen MR) is 45.1 cm³/mol. The summed E-state index contributed by atoms with van der Waals surface area (Å²) in [5.74, 6) is -1.81. The van der Waals surface area contributed by atoms with Gasteiger partial charge in [0.15, 0.2) is 6.10 Å². The van der Waals surface area contributed by atoms with E-state index in [-0.39, 0.29) is 0 Å². The van der Waals surface area contributed by atoms with Gasteiger partial charge in [-0.25, -0.2) is 0 Å². The molecule has 0 N–H and O–H groups in total. The van der Waals surface area contributed by atoms with Crippen LogP contribution in [0.1, 0.15) is 11.7 Å². The summed E-state index contributed by atoms with van der Waals surface area (Å²) in [7, 11) is 0. The lowest BCUT2D eigenvalue weighted by Crippen LogP contribution is -2.27. The van der Waals surface area contributed by atoms with E-state index in [1.165, 1.54) is 0 Å². The summed E-state index contributed by atoms with van der Waals surface area (Å²) in [5.41, 5.74) is 0.597. The van der Waals surface area contributed by atoms with Gasteiger partial charge in [-0.05, 0) is 5.56 Å². The van der Waals surface area contributed by atoms with Crippen molar-refractivity contribution in [3.05, 3.63) is 35.9 Å². The lowest BCUT2D eigenvalue weighted by Gasteiger charge is -2.00. The lowest BCUT2D eigenvalue weighted by molar-refractivity contribution is -0.172. The predicted octanol–water partition coefficient (Wildman–Crippen LogP) is 2.26. The van der Waals surface area contributed by atoms with Crippen molar-refractivity contribution >= 4 is 5.78 Å². The van der Waals surface area contributed by atoms with Gasteiger partial charge >= 0.3 is 6.18 Å². The summed E-state index contributed by atoms with van der Waals surface area (Å²) in [6.07, 6.45) is -6.90. The van der Waals surface area contributed by atoms with E-state index < -0.39 is 24.2 Å². The van der Waals surface area contributed by atoms with Crippen molar-refractivity contribution in [1.29, 1.82) is 0 Å². The normalized spacial score (nSPS) is 25.0. The SMILES string of the molecule is O=C([C@@H]1O[C@H]1c1ccccc1)C(F)(F)F. The van der Waals surface area contributed by atoms with Crippen LogP contribution in [0.4, 0.5) is 13.2 Å². The Bertz CT molecular complexity index is 372. The van der Waals surface area contributed by atoms with Gasteiger partial charge in [-0.15, -0.1) is 0 Å². The molecule has 1 aliphatic heterocycles. The third-order valence-corrected chi connectivity index (χ3v) is 2.16. The highest BCUT2D eigenvalue weighted by Gasteiger charge is 2.56. The monoisotopic (exact) mass is 216 g/mol. The Labute approximate surface area is 83.7 Å². The van der Waals surface area contributed by atoms with Crippen molar-refractivity contribution < 1.29 is 22.7 Å². The van der Waals surface area contributed by atoms with Crippen LogP contribution in [-0.2, 0) is 9.53 Å². The maximum Gasteiger partial charge on any atom is 0.452 e. The fraction of sp³-hybridized carbons (Fsp3) is 0.300. The number of halogens is 3. The smallest absolute Gasteiger partial charge is 0.356 e. The van der Waals surface area contributed by atoms with Gasteiger partial charge in [0.2, 0.25) is 0 Å². The van der Waals surface area contributed by atoms with E-state index in [2.05, 4.69) is 0 Å². The van der Waals surface area contributed by atoms with Gasteiger partial charge in [-0.2, -0.15) is 13.2 Å². The number of rotatable bonds is 2. The number of Topliss-reactive ketones (excluding diaryl/α,β-unsaturated/α-hetero) is 1. The van der Waals surface area contributed by atoms with Gasteiger partial charge < -0.3 is 4.74 Å². The molecule has 0 saturated carbocycles. The van der Waals surface area contributed by atoms with Gasteiger partial charge in [0.1, 0.15) is 6.10 Å². The number of alkyl halides is 3. The van der Waals surface area contributed by atoms with E-state index in [4.69, 9.17) is 4.74 Å². The summed E-state index contributed by atoms with van der Waals surface area (Å²) < 4.78 is 40.7. The Balaban J connectivity index is 2.06. The largest absolute Gasteiger partial charge is 0.452 e. The van der Waals surface area contributed by atoms with E-state index in [1.54, 1.807) is 30.3 Å². The zero-order valence-electron chi connectivity index (χ0n) is 7.49. The number of epoxide rings is 1. The molecule has 1 aromatic carbocycles. The molecule has 1 heterocycles. The Morgan fingerprint density at radius 3 is 2.33 bits per heavy atom. The molecule has 2 nitrogen and oxygen atoms in total. The third-order valence-electron chi connectivity index (χ3n) is 2.16. The Morgan fingerprint density at radius 2 is 1.80 bits per heavy atom. The molecule has 0 amide bonds. The average molecular weight is 216 g/mol. The van der Waals surface area contributed by atoms with Crippen LogP contribution in [-0.4, -0.2) is 18.1 Å². The molecule has 0 aromatic heterocycles. The zero-order chi connectivity index (χ0) is 11.1. The van der Waals surface area contributed by atoms with Crippen LogP contribution in [0.25, 0.3) is 0 Å². The fourth-order valence-corrected chi connectivity index (χ4v) is 1.37. The second kappa shape index (κ2) is 3.34. The molecule has 5 heteroatoms. The third kappa shape index (κ3) is 2.02. The molecule has 15 heavy (non-hydrogen) atoms. The maximum atomic E-state index is 12.0. The Hall–Kier alpha value is -1.36. The van der Waals surface area contributed by atoms with Crippen molar-refractivity contribution in [3.8, 4) is 0 Å². The van der Waals surface area contributed by atoms with Crippen molar-refractivity contribution in [1.82, 2.24) is 0 Å². The van der Waals surface area contributed by atoms with Crippen LogP contribution in [0.2, 0.25) is 0 Å². The molecule has 0 bridgehead atoms. The van der Waals surface area contributed by atoms with Crippen LogP contribution in [0.5, 0.6) is 0 Å². The standard InChI is InChI=1S/C10H7F3O2/c11-10(12,13)9(14)8-7(15-8)6-4-2-1-3-5-6/h1-5,7-8H/t7-,8+/m0/s1. The first-order valence-corrected chi connectivity index (χ1v) is 4.31. The van der Waals surface area contributed by atoms with Crippen molar-refractivity contribution in [2.45, 2.75) is 18.4 Å². The van der Waals surface area contributed by atoms with E-state index in [9.17, 15) is 18.0 Å². The minimum atomic E-state index is -4.81. The minimum Gasteiger partial charge on any atom is -0.356 e. The van der Waals surface area contributed by atoms with E-state index in [0.29, 0.717) is 5.56 Å². The highest BCUT2D eigenvalue weighted by molar-refractivity contribution is 5.90. The summed E-state index contributed by atoms with van der Waals surface area (Å²) >= 11 is 0. The highest BCUT2D eigenvalue weighted by atomic mass is 19.4. The molecule has 0 spiro atoms. The van der Waals surface area contributed by atoms with Crippen molar-refractivity contribution in [2.24, 2.45) is 0 Å². The molecule has 0 unspecified atom stereocenters. The number of hydrogen-bond acceptors (Lipinski definition) is 2. The molecule has 0 radical (unpaired) electrons. The number of carbonyl (C=O) groups excluding carboxylic acids is 1. The second-order valence-electron chi connectivity index (χ2n) is 3.25. The molecule has 1 aliphatic rings. The quantitative estimate of drug-likeness (QED) is 0.709. The van der Waals surface area contributed by atoms with Gasteiger partial charge in [0, 0.05) is 0 Å². The molecule has 2 rings (SSSR count). The number of ketones is 1. The van der Waals surface area contributed by atoms with Crippen LogP contribution in [0.3, 0.4) is 0 Å². The number of benzene rings is 1. The maximum absolute atomic E-state index is 12.0. The first-order chi connectivity index (χ1) is 7.00. The first kappa shape index (κ1) is 10.2. The van der Waals surface area contributed by atoms with Crippen molar-refractivity contribution in [2.75, 3.05) is 0 Å². The molecule has 1 saturated heterocycles. The molecule has 2 atom stereocenters. The second-order valence-corrected chi connectivity index (χ2v) is 3.25. The van der Waals surface area contributed by atoms with E-state index >= 15 is 0 Å². The average Bonchev–Trinajstić information content (AvgIpc) is 2.96. The molecular formula is C10H7F3O2. The molecule has 80 valence electrons. The summed E-state index contributed by atoms with van der Waals surface area (Å²) in [4.78, 5) is 10.8. The van der Waals surface area contributed by atoms with Crippen LogP contribution < -0.4 is 0 Å². The van der Waals surface area contributed by atoms with Crippen molar-refractivity contribution in [3.63, 3.8) is 0 Å². The topological polar surface area (TPSA) is 29.6 Å². The Kier molecular flexibility index (Phi) is 2.26. The molecule has 0 aliphatic carbocycles. The van der Waals surface area contributed by atoms with Crippen LogP contribution >= 0.6 is 0 Å². The molecule has 1 aromatic rings. The zero-order valence-corrected chi connectivity index (χ0v) is 7.49. The van der Waals surface area contributed by atoms with Gasteiger partial charge in [0.05, 0.1) is 0 Å². The molecular weight excluding hydrogens is 209 g/mol. The van der Waals surface area contributed by atoms with Gasteiger partial charge in [-0.1, -0.05) is 30.3 Å². The number of ether oxygens (including phenoxy) is 1. The summed E-state index contributed by atoms with van der Waals surface area (Å²) in [6, 6.07) is 8.38.